The van der Waals surface area contributed by atoms with Gasteiger partial charge >= 0.3 is 0 Å². The second-order valence-electron chi connectivity index (χ2n) is 6.98. The number of hydrogen-bond donors (Lipinski definition) is 1. The van der Waals surface area contributed by atoms with Crippen LogP contribution in [0.5, 0.6) is 0 Å². The number of anilines is 1. The summed E-state index contributed by atoms with van der Waals surface area (Å²) < 4.78 is 1.58. The third-order valence-electron chi connectivity index (χ3n) is 4.84. The molecule has 1 aromatic heterocycles. The highest BCUT2D eigenvalue weighted by molar-refractivity contribution is 8.00. The van der Waals surface area contributed by atoms with Gasteiger partial charge in [0.25, 0.3) is 5.69 Å². The van der Waals surface area contributed by atoms with Crippen molar-refractivity contribution in [2.75, 3.05) is 11.1 Å². The number of aromatic nitrogens is 2. The Hall–Kier alpha value is -3.13. The molecule has 0 spiro atoms. The monoisotopic (exact) mass is 408 g/mol. The summed E-state index contributed by atoms with van der Waals surface area (Å²) in [5.41, 5.74) is 4.20. The number of benzene rings is 2. The maximum atomic E-state index is 12.5. The van der Waals surface area contributed by atoms with Crippen LogP contribution in [-0.2, 0) is 17.6 Å². The molecule has 1 aliphatic carbocycles. The fourth-order valence-electron chi connectivity index (χ4n) is 3.47. The number of aryl methyl sites for hydroxylation is 3. The zero-order chi connectivity index (χ0) is 20.4. The van der Waals surface area contributed by atoms with Crippen LogP contribution in [-0.4, -0.2) is 26.4 Å². The summed E-state index contributed by atoms with van der Waals surface area (Å²) >= 11 is 1.51. The average molecular weight is 408 g/mol. The van der Waals surface area contributed by atoms with Crippen molar-refractivity contribution in [2.24, 2.45) is 0 Å². The summed E-state index contributed by atoms with van der Waals surface area (Å²) in [6.07, 6.45) is 3.46. The second kappa shape index (κ2) is 8.08. The number of thioether (sulfide) groups is 1. The van der Waals surface area contributed by atoms with E-state index in [1.807, 2.05) is 6.92 Å². The Morgan fingerprint density at radius 2 is 1.93 bits per heavy atom. The summed E-state index contributed by atoms with van der Waals surface area (Å²) in [6, 6.07) is 14.3. The van der Waals surface area contributed by atoms with Crippen LogP contribution in [0.4, 0.5) is 11.5 Å². The quantitative estimate of drug-likeness (QED) is 0.373. The van der Waals surface area contributed by atoms with Crippen LogP contribution in [0.15, 0.2) is 53.4 Å². The zero-order valence-corrected chi connectivity index (χ0v) is 16.7. The predicted octanol–water partition coefficient (Wildman–Crippen LogP) is 4.31. The van der Waals surface area contributed by atoms with Gasteiger partial charge in [0.15, 0.2) is 0 Å². The first kappa shape index (κ1) is 19.2. The number of carbonyl (C=O) groups is 1. The normalized spacial score (nSPS) is 12.6. The van der Waals surface area contributed by atoms with Crippen LogP contribution in [0.1, 0.15) is 23.2 Å². The van der Waals surface area contributed by atoms with Crippen molar-refractivity contribution in [3.63, 3.8) is 0 Å². The maximum absolute atomic E-state index is 12.5. The Labute approximate surface area is 172 Å². The Morgan fingerprint density at radius 1 is 1.17 bits per heavy atom. The van der Waals surface area contributed by atoms with Crippen molar-refractivity contribution in [1.29, 1.82) is 0 Å². The smallest absolute Gasteiger partial charge is 0.269 e. The summed E-state index contributed by atoms with van der Waals surface area (Å²) in [6.45, 7) is 1.83. The van der Waals surface area contributed by atoms with E-state index in [-0.39, 0.29) is 11.6 Å². The standard InChI is InChI=1S/C21H20N4O3S/c1-14-11-20(24(23-14)17-6-8-18(9-7-17)25(27)28)22-21(26)13-29-19-10-5-15-3-2-4-16(15)12-19/h5-12H,2-4,13H2,1H3,(H,22,26). The van der Waals surface area contributed by atoms with E-state index in [0.29, 0.717) is 17.3 Å². The molecule has 7 nitrogen and oxygen atoms in total. The second-order valence-corrected chi connectivity index (χ2v) is 8.03. The molecule has 148 valence electrons. The zero-order valence-electron chi connectivity index (χ0n) is 15.9. The van der Waals surface area contributed by atoms with Gasteiger partial charge in [-0.3, -0.25) is 14.9 Å². The minimum absolute atomic E-state index is 0.00830. The summed E-state index contributed by atoms with van der Waals surface area (Å²) in [5.74, 6) is 0.706. The highest BCUT2D eigenvalue weighted by Gasteiger charge is 2.14. The number of rotatable bonds is 6. The first-order chi connectivity index (χ1) is 14.0. The van der Waals surface area contributed by atoms with Gasteiger partial charge in [0, 0.05) is 23.1 Å². The molecule has 29 heavy (non-hydrogen) atoms. The molecule has 0 saturated heterocycles. The molecule has 1 N–H and O–H groups in total. The van der Waals surface area contributed by atoms with E-state index in [1.54, 1.807) is 22.9 Å². The third kappa shape index (κ3) is 4.32. The van der Waals surface area contributed by atoms with Gasteiger partial charge in [-0.15, -0.1) is 11.8 Å². The number of amides is 1. The number of hydrogen-bond acceptors (Lipinski definition) is 5. The number of fused-ring (bicyclic) bond motifs is 1. The molecule has 1 amide bonds. The fourth-order valence-corrected chi connectivity index (χ4v) is 4.23. The lowest BCUT2D eigenvalue weighted by atomic mass is 10.1. The third-order valence-corrected chi connectivity index (χ3v) is 5.84. The molecule has 0 unspecified atom stereocenters. The van der Waals surface area contributed by atoms with Crippen LogP contribution in [0.2, 0.25) is 0 Å². The van der Waals surface area contributed by atoms with Crippen molar-refractivity contribution >= 4 is 29.2 Å². The maximum Gasteiger partial charge on any atom is 0.269 e. The van der Waals surface area contributed by atoms with Gasteiger partial charge in [-0.2, -0.15) is 5.10 Å². The van der Waals surface area contributed by atoms with Crippen molar-refractivity contribution in [3.8, 4) is 5.69 Å². The van der Waals surface area contributed by atoms with Crippen molar-refractivity contribution in [3.05, 3.63) is 75.5 Å². The highest BCUT2D eigenvalue weighted by Crippen LogP contribution is 2.28. The van der Waals surface area contributed by atoms with E-state index in [1.165, 1.54) is 41.4 Å². The Morgan fingerprint density at radius 3 is 2.69 bits per heavy atom. The molecule has 1 heterocycles. The van der Waals surface area contributed by atoms with E-state index in [0.717, 1.165) is 23.4 Å². The molecular formula is C21H20N4O3S. The number of nitrogens with zero attached hydrogens (tertiary/aromatic N) is 3. The minimum atomic E-state index is -0.447. The Bertz CT molecular complexity index is 1080. The number of non-ortho nitro benzene ring substituents is 1. The van der Waals surface area contributed by atoms with Crippen LogP contribution in [0, 0.1) is 17.0 Å². The lowest BCUT2D eigenvalue weighted by Crippen LogP contribution is -2.17. The first-order valence-electron chi connectivity index (χ1n) is 9.35. The number of carbonyl (C=O) groups excluding carboxylic acids is 1. The van der Waals surface area contributed by atoms with Gasteiger partial charge in [-0.1, -0.05) is 6.07 Å². The SMILES string of the molecule is Cc1cc(NC(=O)CSc2ccc3c(c2)CCC3)n(-c2ccc([N+](=O)[O-])cc2)n1. The van der Waals surface area contributed by atoms with Crippen molar-refractivity contribution in [2.45, 2.75) is 31.1 Å². The summed E-state index contributed by atoms with van der Waals surface area (Å²) in [4.78, 5) is 24.0. The molecule has 2 aromatic carbocycles. The lowest BCUT2D eigenvalue weighted by Gasteiger charge is -2.09. The van der Waals surface area contributed by atoms with E-state index in [4.69, 9.17) is 0 Å². The topological polar surface area (TPSA) is 90.1 Å². The van der Waals surface area contributed by atoms with Crippen molar-refractivity contribution in [1.82, 2.24) is 9.78 Å². The van der Waals surface area contributed by atoms with Crippen LogP contribution in [0.25, 0.3) is 5.69 Å². The van der Waals surface area contributed by atoms with Gasteiger partial charge in [0.2, 0.25) is 5.91 Å². The summed E-state index contributed by atoms with van der Waals surface area (Å²) in [5, 5.41) is 18.1. The molecule has 1 aliphatic rings. The van der Waals surface area contributed by atoms with Gasteiger partial charge in [-0.05, 0) is 61.6 Å². The molecule has 0 radical (unpaired) electrons. The van der Waals surface area contributed by atoms with E-state index in [9.17, 15) is 14.9 Å². The van der Waals surface area contributed by atoms with Crippen LogP contribution < -0.4 is 5.32 Å². The molecule has 0 aliphatic heterocycles. The summed E-state index contributed by atoms with van der Waals surface area (Å²) in [7, 11) is 0. The number of nitrogens with one attached hydrogen (secondary N) is 1. The van der Waals surface area contributed by atoms with E-state index < -0.39 is 4.92 Å². The molecule has 0 fully saturated rings. The Kier molecular flexibility index (Phi) is 5.35. The largest absolute Gasteiger partial charge is 0.310 e. The molecule has 0 bridgehead atoms. The minimum Gasteiger partial charge on any atom is -0.310 e. The molecular weight excluding hydrogens is 388 g/mol. The van der Waals surface area contributed by atoms with Gasteiger partial charge in [0.1, 0.15) is 5.82 Å². The fraction of sp³-hybridized carbons (Fsp3) is 0.238. The van der Waals surface area contributed by atoms with Crippen molar-refractivity contribution < 1.29 is 9.72 Å². The molecule has 4 rings (SSSR count). The number of nitro groups is 1. The van der Waals surface area contributed by atoms with Gasteiger partial charge < -0.3 is 5.32 Å². The lowest BCUT2D eigenvalue weighted by molar-refractivity contribution is -0.384. The average Bonchev–Trinajstić information content (AvgIpc) is 3.32. The molecule has 8 heteroatoms. The molecule has 3 aromatic rings. The Balaban J connectivity index is 1.44. The van der Waals surface area contributed by atoms with E-state index >= 15 is 0 Å². The highest BCUT2D eigenvalue weighted by atomic mass is 32.2. The van der Waals surface area contributed by atoms with E-state index in [2.05, 4.69) is 28.6 Å². The first-order valence-corrected chi connectivity index (χ1v) is 10.3. The van der Waals surface area contributed by atoms with Crippen LogP contribution >= 0.6 is 11.8 Å². The van der Waals surface area contributed by atoms with Gasteiger partial charge in [-0.25, -0.2) is 4.68 Å². The van der Waals surface area contributed by atoms with Gasteiger partial charge in [0.05, 0.1) is 22.1 Å². The molecule has 0 saturated carbocycles. The predicted molar refractivity (Wildman–Crippen MR) is 113 cm³/mol. The molecule has 0 atom stereocenters. The van der Waals surface area contributed by atoms with Crippen LogP contribution in [0.3, 0.4) is 0 Å². The number of nitro benzene ring substituents is 1.